The highest BCUT2D eigenvalue weighted by atomic mass is 16.2. The molecule has 2 aliphatic rings. The average Bonchev–Trinajstić information content (AvgIpc) is 3.24. The van der Waals surface area contributed by atoms with Crippen LogP contribution in [0.1, 0.15) is 66.9 Å². The zero-order chi connectivity index (χ0) is 13.2. The first-order chi connectivity index (χ1) is 9.24. The molecule has 1 aromatic rings. The molecule has 2 saturated carbocycles. The molecule has 0 radical (unpaired) electrons. The monoisotopic (exact) mass is 260 g/mol. The normalized spacial score (nSPS) is 20.2. The first-order valence-electron chi connectivity index (χ1n) is 7.28. The van der Waals surface area contributed by atoms with Gasteiger partial charge in [-0.2, -0.15) is 0 Å². The van der Waals surface area contributed by atoms with Crippen LogP contribution in [0, 0.1) is 0 Å². The van der Waals surface area contributed by atoms with Crippen LogP contribution in [-0.4, -0.2) is 16.9 Å². The molecule has 0 aromatic carbocycles. The Balaban J connectivity index is 1.70. The van der Waals surface area contributed by atoms with Gasteiger partial charge in [0.15, 0.2) is 0 Å². The summed E-state index contributed by atoms with van der Waals surface area (Å²) in [7, 11) is 0. The first kappa shape index (κ1) is 12.5. The molecule has 0 unspecified atom stereocenters. The number of aromatic nitrogens is 1. The molecule has 0 atom stereocenters. The van der Waals surface area contributed by atoms with E-state index in [0.29, 0.717) is 5.92 Å². The maximum Gasteiger partial charge on any atom is 0.261 e. The predicted molar refractivity (Wildman–Crippen MR) is 73.4 cm³/mol. The van der Waals surface area contributed by atoms with E-state index in [4.69, 9.17) is 0 Å². The molecule has 102 valence electrons. The lowest BCUT2D eigenvalue weighted by Crippen LogP contribution is -2.38. The lowest BCUT2D eigenvalue weighted by Gasteiger charge is -2.22. The summed E-state index contributed by atoms with van der Waals surface area (Å²) in [5.74, 6) is 0.277. The lowest BCUT2D eigenvalue weighted by atomic mass is 9.95. The number of hydrogen-bond donors (Lipinski definition) is 2. The Hall–Kier alpha value is -1.58. The van der Waals surface area contributed by atoms with Gasteiger partial charge in [0.1, 0.15) is 5.56 Å². The SMILES string of the molecule is O=C(NC1CCCCC1)c1ccc(C2CC2)[nH]c1=O. The number of aromatic amines is 1. The van der Waals surface area contributed by atoms with Crippen molar-refractivity contribution >= 4 is 5.91 Å². The summed E-state index contributed by atoms with van der Waals surface area (Å²) in [6.07, 6.45) is 7.94. The van der Waals surface area contributed by atoms with Crippen LogP contribution in [0.4, 0.5) is 0 Å². The fourth-order valence-electron chi connectivity index (χ4n) is 2.81. The molecule has 2 N–H and O–H groups in total. The molecular weight excluding hydrogens is 240 g/mol. The third kappa shape index (κ3) is 2.88. The van der Waals surface area contributed by atoms with E-state index in [1.54, 1.807) is 6.07 Å². The zero-order valence-corrected chi connectivity index (χ0v) is 11.1. The molecule has 4 nitrogen and oxygen atoms in total. The minimum atomic E-state index is -0.252. The van der Waals surface area contributed by atoms with Crippen LogP contribution in [0.5, 0.6) is 0 Å². The van der Waals surface area contributed by atoms with Crippen molar-refractivity contribution in [3.63, 3.8) is 0 Å². The van der Waals surface area contributed by atoms with Gasteiger partial charge in [0, 0.05) is 11.7 Å². The van der Waals surface area contributed by atoms with Crippen LogP contribution in [-0.2, 0) is 0 Å². The van der Waals surface area contributed by atoms with Crippen molar-refractivity contribution in [2.75, 3.05) is 0 Å². The Bertz CT molecular complexity index is 525. The van der Waals surface area contributed by atoms with Crippen LogP contribution in [0.15, 0.2) is 16.9 Å². The van der Waals surface area contributed by atoms with E-state index < -0.39 is 0 Å². The summed E-state index contributed by atoms with van der Waals surface area (Å²) in [6, 6.07) is 3.79. The van der Waals surface area contributed by atoms with Crippen molar-refractivity contribution in [2.24, 2.45) is 0 Å². The second-order valence-electron chi connectivity index (χ2n) is 5.74. The smallest absolute Gasteiger partial charge is 0.261 e. The summed E-state index contributed by atoms with van der Waals surface area (Å²) in [5.41, 5.74) is 0.965. The van der Waals surface area contributed by atoms with Gasteiger partial charge in [-0.15, -0.1) is 0 Å². The molecule has 1 aromatic heterocycles. The van der Waals surface area contributed by atoms with E-state index in [-0.39, 0.29) is 23.1 Å². The van der Waals surface area contributed by atoms with E-state index in [9.17, 15) is 9.59 Å². The first-order valence-corrected chi connectivity index (χ1v) is 7.28. The summed E-state index contributed by atoms with van der Waals surface area (Å²) >= 11 is 0. The van der Waals surface area contributed by atoms with Crippen LogP contribution in [0.2, 0.25) is 0 Å². The molecule has 19 heavy (non-hydrogen) atoms. The van der Waals surface area contributed by atoms with Crippen molar-refractivity contribution in [3.8, 4) is 0 Å². The highest BCUT2D eigenvalue weighted by molar-refractivity contribution is 5.94. The van der Waals surface area contributed by atoms with Crippen LogP contribution in [0.3, 0.4) is 0 Å². The minimum Gasteiger partial charge on any atom is -0.349 e. The quantitative estimate of drug-likeness (QED) is 0.876. The Morgan fingerprint density at radius 1 is 1.11 bits per heavy atom. The molecule has 3 rings (SSSR count). The number of amides is 1. The molecule has 0 bridgehead atoms. The topological polar surface area (TPSA) is 62.0 Å². The number of nitrogens with one attached hydrogen (secondary N) is 2. The van der Waals surface area contributed by atoms with Crippen molar-refractivity contribution in [1.29, 1.82) is 0 Å². The van der Waals surface area contributed by atoms with E-state index in [1.165, 1.54) is 19.3 Å². The maximum atomic E-state index is 12.1. The van der Waals surface area contributed by atoms with Gasteiger partial charge in [-0.3, -0.25) is 9.59 Å². The van der Waals surface area contributed by atoms with Crippen molar-refractivity contribution in [3.05, 3.63) is 33.7 Å². The third-order valence-electron chi connectivity index (χ3n) is 4.13. The molecule has 4 heteroatoms. The zero-order valence-electron chi connectivity index (χ0n) is 11.1. The van der Waals surface area contributed by atoms with Gasteiger partial charge in [-0.1, -0.05) is 19.3 Å². The van der Waals surface area contributed by atoms with Gasteiger partial charge >= 0.3 is 0 Å². The van der Waals surface area contributed by atoms with Crippen molar-refractivity contribution in [1.82, 2.24) is 10.3 Å². The van der Waals surface area contributed by atoms with Gasteiger partial charge in [0.05, 0.1) is 0 Å². The minimum absolute atomic E-state index is 0.226. The average molecular weight is 260 g/mol. The molecule has 1 amide bonds. The van der Waals surface area contributed by atoms with Crippen LogP contribution in [0.25, 0.3) is 0 Å². The Morgan fingerprint density at radius 3 is 2.47 bits per heavy atom. The second-order valence-corrected chi connectivity index (χ2v) is 5.74. The molecule has 0 aliphatic heterocycles. The molecule has 2 aliphatic carbocycles. The molecular formula is C15H20N2O2. The number of carbonyl (C=O) groups excluding carboxylic acids is 1. The lowest BCUT2D eigenvalue weighted by molar-refractivity contribution is 0.0926. The van der Waals surface area contributed by atoms with Gasteiger partial charge in [-0.05, 0) is 43.7 Å². The van der Waals surface area contributed by atoms with Crippen LogP contribution >= 0.6 is 0 Å². The fourth-order valence-corrected chi connectivity index (χ4v) is 2.81. The highest BCUT2D eigenvalue weighted by Gasteiger charge is 2.25. The van der Waals surface area contributed by atoms with E-state index >= 15 is 0 Å². The Morgan fingerprint density at radius 2 is 1.84 bits per heavy atom. The molecule has 1 heterocycles. The molecule has 0 spiro atoms. The number of hydrogen-bond acceptors (Lipinski definition) is 2. The van der Waals surface area contributed by atoms with Gasteiger partial charge in [0.2, 0.25) is 0 Å². The predicted octanol–water partition coefficient (Wildman–Crippen LogP) is 2.31. The summed E-state index contributed by atoms with van der Waals surface area (Å²) < 4.78 is 0. The number of rotatable bonds is 3. The maximum absolute atomic E-state index is 12.1. The van der Waals surface area contributed by atoms with Gasteiger partial charge in [0.25, 0.3) is 11.5 Å². The van der Waals surface area contributed by atoms with Crippen molar-refractivity contribution < 1.29 is 4.79 Å². The highest BCUT2D eigenvalue weighted by Crippen LogP contribution is 2.38. The van der Waals surface area contributed by atoms with Gasteiger partial charge in [-0.25, -0.2) is 0 Å². The number of H-pyrrole nitrogens is 1. The molecule has 0 saturated heterocycles. The number of pyridine rings is 1. The van der Waals surface area contributed by atoms with Crippen molar-refractivity contribution in [2.45, 2.75) is 56.9 Å². The fraction of sp³-hybridized carbons (Fsp3) is 0.600. The Kier molecular flexibility index (Phi) is 3.40. The van der Waals surface area contributed by atoms with E-state index in [1.807, 2.05) is 6.07 Å². The van der Waals surface area contributed by atoms with Gasteiger partial charge < -0.3 is 10.3 Å². The summed E-state index contributed by atoms with van der Waals surface area (Å²) in [5, 5.41) is 2.98. The third-order valence-corrected chi connectivity index (χ3v) is 4.13. The molecule has 2 fully saturated rings. The standard InChI is InChI=1S/C15H20N2O2/c18-14(16-11-4-2-1-3-5-11)12-8-9-13(10-6-7-10)17-15(12)19/h8-11H,1-7H2,(H,16,18)(H,17,19). The summed E-state index contributed by atoms with van der Waals surface area (Å²) in [4.78, 5) is 26.9. The van der Waals surface area contributed by atoms with Crippen LogP contribution < -0.4 is 10.9 Å². The Labute approximate surface area is 112 Å². The second kappa shape index (κ2) is 5.19. The van der Waals surface area contributed by atoms with E-state index in [0.717, 1.165) is 31.4 Å². The van der Waals surface area contributed by atoms with E-state index in [2.05, 4.69) is 10.3 Å². The number of carbonyl (C=O) groups is 1. The summed E-state index contributed by atoms with van der Waals surface area (Å²) in [6.45, 7) is 0. The largest absolute Gasteiger partial charge is 0.349 e.